The Bertz CT molecular complexity index is 1390. The van der Waals surface area contributed by atoms with Crippen LogP contribution in [0.25, 0.3) is 0 Å². The number of furan rings is 1. The number of nitrogens with zero attached hydrogens (tertiary/aromatic N) is 4. The Morgan fingerprint density at radius 3 is 2.50 bits per heavy atom. The monoisotopic (exact) mass is 559 g/mol. The number of carbonyl (C=O) groups is 1. The number of aromatic nitrogens is 2. The third-order valence-electron chi connectivity index (χ3n) is 6.64. The fourth-order valence-electron chi connectivity index (χ4n) is 4.53. The number of amides is 1. The predicted molar refractivity (Wildman–Crippen MR) is 156 cm³/mol. The van der Waals surface area contributed by atoms with Gasteiger partial charge in [-0.1, -0.05) is 23.9 Å². The molecule has 0 unspecified atom stereocenters. The molecule has 1 fully saturated rings. The van der Waals surface area contributed by atoms with Crippen molar-refractivity contribution in [2.24, 2.45) is 0 Å². The summed E-state index contributed by atoms with van der Waals surface area (Å²) in [6.45, 7) is 4.27. The fraction of sp³-hybridized carbons (Fsp3) is 0.300. The van der Waals surface area contributed by atoms with Gasteiger partial charge >= 0.3 is 0 Å². The van der Waals surface area contributed by atoms with Gasteiger partial charge in [0.1, 0.15) is 17.3 Å². The summed E-state index contributed by atoms with van der Waals surface area (Å²) < 4.78 is 16.0. The molecule has 2 aromatic carbocycles. The van der Waals surface area contributed by atoms with Gasteiger partial charge in [0, 0.05) is 56.4 Å². The van der Waals surface area contributed by atoms with Crippen molar-refractivity contribution in [3.05, 3.63) is 95.6 Å². The zero-order valence-electron chi connectivity index (χ0n) is 22.7. The van der Waals surface area contributed by atoms with E-state index in [2.05, 4.69) is 27.2 Å². The van der Waals surface area contributed by atoms with E-state index in [9.17, 15) is 4.79 Å². The lowest BCUT2D eigenvalue weighted by molar-refractivity contribution is 0.0948. The second kappa shape index (κ2) is 13.4. The molecule has 1 saturated heterocycles. The van der Waals surface area contributed by atoms with Crippen LogP contribution in [0, 0.1) is 0 Å². The van der Waals surface area contributed by atoms with Crippen LogP contribution < -0.4 is 19.9 Å². The Morgan fingerprint density at radius 1 is 0.975 bits per heavy atom. The number of anilines is 2. The maximum absolute atomic E-state index is 12.6. The number of carbonyl (C=O) groups excluding carboxylic acids is 1. The standard InChI is InChI=1S/C30H33N5O4S/c1-37-20-24-18-28(35-14-12-34(13-15-35)25-8-10-26(38-2)11-9-25)33-30(32-24)40-21-22-5-3-6-23(17-22)29(36)31-19-27-7-4-16-39-27/h3-11,16-18H,12-15,19-21H2,1-2H3,(H,31,36). The summed E-state index contributed by atoms with van der Waals surface area (Å²) in [4.78, 5) is 26.9. The summed E-state index contributed by atoms with van der Waals surface area (Å²) in [5, 5.41) is 3.58. The van der Waals surface area contributed by atoms with Crippen LogP contribution in [0.5, 0.6) is 5.75 Å². The van der Waals surface area contributed by atoms with Gasteiger partial charge in [-0.3, -0.25) is 4.79 Å². The normalized spacial score (nSPS) is 13.3. The van der Waals surface area contributed by atoms with Crippen LogP contribution in [0.4, 0.5) is 11.5 Å². The van der Waals surface area contributed by atoms with Crippen molar-refractivity contribution in [2.75, 3.05) is 50.2 Å². The lowest BCUT2D eigenvalue weighted by Gasteiger charge is -2.37. The number of nitrogens with one attached hydrogen (secondary N) is 1. The van der Waals surface area contributed by atoms with Crippen LogP contribution in [-0.2, 0) is 23.6 Å². The molecule has 0 saturated carbocycles. The van der Waals surface area contributed by atoms with Gasteiger partial charge in [0.25, 0.3) is 5.91 Å². The number of methoxy groups -OCH3 is 2. The number of ether oxygens (including phenoxy) is 2. The first-order valence-electron chi connectivity index (χ1n) is 13.1. The SMILES string of the molecule is COCc1cc(N2CCN(c3ccc(OC)cc3)CC2)nc(SCc2cccc(C(=O)NCc3ccco3)c2)n1. The van der Waals surface area contributed by atoms with Crippen molar-refractivity contribution >= 4 is 29.2 Å². The first-order chi connectivity index (χ1) is 19.6. The molecular weight excluding hydrogens is 526 g/mol. The number of rotatable bonds is 11. The van der Waals surface area contributed by atoms with Gasteiger partial charge in [-0.2, -0.15) is 0 Å². The summed E-state index contributed by atoms with van der Waals surface area (Å²) >= 11 is 1.55. The van der Waals surface area contributed by atoms with E-state index in [0.717, 1.165) is 49.0 Å². The number of benzene rings is 2. The van der Waals surface area contributed by atoms with Crippen molar-refractivity contribution in [3.8, 4) is 5.75 Å². The minimum Gasteiger partial charge on any atom is -0.497 e. The van der Waals surface area contributed by atoms with E-state index in [0.29, 0.717) is 35.4 Å². The maximum Gasteiger partial charge on any atom is 0.251 e. The molecule has 5 rings (SSSR count). The third kappa shape index (κ3) is 7.13. The van der Waals surface area contributed by atoms with E-state index >= 15 is 0 Å². The van der Waals surface area contributed by atoms with Crippen molar-refractivity contribution in [3.63, 3.8) is 0 Å². The largest absolute Gasteiger partial charge is 0.497 e. The summed E-state index contributed by atoms with van der Waals surface area (Å²) in [6.07, 6.45) is 1.59. The van der Waals surface area contributed by atoms with Gasteiger partial charge in [0.2, 0.25) is 0 Å². The molecule has 10 heteroatoms. The van der Waals surface area contributed by atoms with Crippen LogP contribution in [0.1, 0.15) is 27.4 Å². The maximum atomic E-state index is 12.6. The molecule has 0 bridgehead atoms. The zero-order chi connectivity index (χ0) is 27.7. The Kier molecular flexibility index (Phi) is 9.20. The molecule has 1 N–H and O–H groups in total. The Labute approximate surface area is 238 Å². The minimum absolute atomic E-state index is 0.141. The van der Waals surface area contributed by atoms with Crippen LogP contribution in [0.2, 0.25) is 0 Å². The summed E-state index contributed by atoms with van der Waals surface area (Å²) in [5.41, 5.74) is 3.66. The van der Waals surface area contributed by atoms with Crippen molar-refractivity contribution in [1.82, 2.24) is 15.3 Å². The molecule has 1 aliphatic rings. The summed E-state index contributed by atoms with van der Waals surface area (Å²) in [6, 6.07) is 21.5. The second-order valence-corrected chi connectivity index (χ2v) is 10.3. The highest BCUT2D eigenvalue weighted by Gasteiger charge is 2.20. The summed E-state index contributed by atoms with van der Waals surface area (Å²) in [7, 11) is 3.35. The number of hydrogen-bond acceptors (Lipinski definition) is 9. The molecule has 1 aliphatic heterocycles. The van der Waals surface area contributed by atoms with Gasteiger partial charge in [-0.25, -0.2) is 9.97 Å². The predicted octanol–water partition coefficient (Wildman–Crippen LogP) is 4.77. The number of piperazine rings is 1. The molecule has 2 aromatic heterocycles. The van der Waals surface area contributed by atoms with E-state index < -0.39 is 0 Å². The fourth-order valence-corrected chi connectivity index (χ4v) is 5.34. The smallest absolute Gasteiger partial charge is 0.251 e. The van der Waals surface area contributed by atoms with E-state index in [1.165, 1.54) is 5.69 Å². The molecule has 3 heterocycles. The van der Waals surface area contributed by atoms with Crippen LogP contribution >= 0.6 is 11.8 Å². The Morgan fingerprint density at radius 2 is 1.77 bits per heavy atom. The quantitative estimate of drug-likeness (QED) is 0.206. The molecule has 208 valence electrons. The molecule has 0 aliphatic carbocycles. The lowest BCUT2D eigenvalue weighted by atomic mass is 10.1. The van der Waals surface area contributed by atoms with Gasteiger partial charge in [-0.15, -0.1) is 0 Å². The third-order valence-corrected chi connectivity index (χ3v) is 7.56. The topological polar surface area (TPSA) is 93.0 Å². The van der Waals surface area contributed by atoms with E-state index in [-0.39, 0.29) is 5.91 Å². The van der Waals surface area contributed by atoms with Crippen molar-refractivity contribution < 1.29 is 18.7 Å². The number of hydrogen-bond donors (Lipinski definition) is 1. The van der Waals surface area contributed by atoms with Gasteiger partial charge < -0.3 is 29.0 Å². The average Bonchev–Trinajstić information content (AvgIpc) is 3.53. The van der Waals surface area contributed by atoms with Gasteiger partial charge in [0.05, 0.1) is 32.2 Å². The average molecular weight is 560 g/mol. The highest BCUT2D eigenvalue weighted by Crippen LogP contribution is 2.26. The molecular formula is C30H33N5O4S. The van der Waals surface area contributed by atoms with E-state index in [4.69, 9.17) is 23.9 Å². The first kappa shape index (κ1) is 27.5. The number of thioether (sulfide) groups is 1. The molecule has 4 aromatic rings. The first-order valence-corrected chi connectivity index (χ1v) is 14.1. The highest BCUT2D eigenvalue weighted by molar-refractivity contribution is 7.98. The molecule has 0 atom stereocenters. The summed E-state index contributed by atoms with van der Waals surface area (Å²) in [5.74, 6) is 2.98. The van der Waals surface area contributed by atoms with Crippen LogP contribution in [0.3, 0.4) is 0 Å². The second-order valence-electron chi connectivity index (χ2n) is 9.36. The van der Waals surface area contributed by atoms with Gasteiger partial charge in [0.15, 0.2) is 5.16 Å². The molecule has 1 amide bonds. The van der Waals surface area contributed by atoms with Crippen molar-refractivity contribution in [1.29, 1.82) is 0 Å². The molecule has 9 nitrogen and oxygen atoms in total. The van der Waals surface area contributed by atoms with Crippen LogP contribution in [-0.4, -0.2) is 56.3 Å². The van der Waals surface area contributed by atoms with Crippen LogP contribution in [0.15, 0.2) is 82.6 Å². The Hall–Kier alpha value is -4.02. The minimum atomic E-state index is -0.141. The van der Waals surface area contributed by atoms with Gasteiger partial charge in [-0.05, 0) is 54.1 Å². The van der Waals surface area contributed by atoms with E-state index in [1.807, 2.05) is 48.5 Å². The zero-order valence-corrected chi connectivity index (χ0v) is 23.5. The Balaban J connectivity index is 1.21. The lowest BCUT2D eigenvalue weighted by Crippen LogP contribution is -2.46. The molecule has 40 heavy (non-hydrogen) atoms. The molecule has 0 spiro atoms. The highest BCUT2D eigenvalue weighted by atomic mass is 32.2. The molecule has 0 radical (unpaired) electrons. The van der Waals surface area contributed by atoms with E-state index in [1.54, 1.807) is 38.3 Å². The van der Waals surface area contributed by atoms with Crippen molar-refractivity contribution in [2.45, 2.75) is 24.1 Å².